The van der Waals surface area contributed by atoms with Crippen molar-refractivity contribution in [3.8, 4) is 27.4 Å². The van der Waals surface area contributed by atoms with Gasteiger partial charge in [-0.15, -0.1) is 11.3 Å². The molecule has 1 saturated heterocycles. The molecule has 2 amide bonds. The molecule has 0 atom stereocenters. The molecule has 6 rings (SSSR count). The molecule has 0 radical (unpaired) electrons. The number of nitrogens with zero attached hydrogens (tertiary/aromatic N) is 3. The molecule has 2 aromatic heterocycles. The number of amides is 2. The molecule has 206 valence electrons. The van der Waals surface area contributed by atoms with Crippen LogP contribution < -0.4 is 4.74 Å². The highest BCUT2D eigenvalue weighted by Crippen LogP contribution is 2.47. The van der Waals surface area contributed by atoms with E-state index in [1.807, 2.05) is 21.9 Å². The van der Waals surface area contributed by atoms with Gasteiger partial charge in [-0.05, 0) is 81.2 Å². The lowest BCUT2D eigenvalue weighted by atomic mass is 9.91. The van der Waals surface area contributed by atoms with E-state index in [1.165, 1.54) is 4.88 Å². The Labute approximate surface area is 234 Å². The number of rotatable bonds is 3. The molecule has 5 heterocycles. The van der Waals surface area contributed by atoms with E-state index in [4.69, 9.17) is 9.47 Å². The molecule has 0 saturated carbocycles. The van der Waals surface area contributed by atoms with E-state index in [0.29, 0.717) is 37.6 Å². The van der Waals surface area contributed by atoms with Gasteiger partial charge in [0, 0.05) is 47.7 Å². The largest absolute Gasteiger partial charge is 0.496 e. The van der Waals surface area contributed by atoms with E-state index in [2.05, 4.69) is 42.9 Å². The van der Waals surface area contributed by atoms with Crippen molar-refractivity contribution < 1.29 is 19.1 Å². The Morgan fingerprint density at radius 1 is 1.03 bits per heavy atom. The predicted octanol–water partition coefficient (Wildman–Crippen LogP) is 5.50. The number of methoxy groups -OCH3 is 1. The van der Waals surface area contributed by atoms with Gasteiger partial charge in [0.15, 0.2) is 0 Å². The van der Waals surface area contributed by atoms with Crippen LogP contribution in [-0.4, -0.2) is 71.7 Å². The molecule has 1 aromatic carbocycles. The molecule has 39 heavy (non-hydrogen) atoms. The molecule has 0 N–H and O–H groups in total. The van der Waals surface area contributed by atoms with Gasteiger partial charge in [0.05, 0.1) is 31.6 Å². The summed E-state index contributed by atoms with van der Waals surface area (Å²) in [5.74, 6) is 0.687. The van der Waals surface area contributed by atoms with Gasteiger partial charge in [-0.2, -0.15) is 0 Å². The van der Waals surface area contributed by atoms with Crippen LogP contribution in [0.3, 0.4) is 0 Å². The van der Waals surface area contributed by atoms with E-state index in [0.717, 1.165) is 72.4 Å². The first kappa shape index (κ1) is 26.1. The summed E-state index contributed by atoms with van der Waals surface area (Å²) in [4.78, 5) is 33.1. The number of morpholine rings is 1. The molecular weight excluding hydrogens is 510 g/mol. The molecule has 1 fully saturated rings. The molecule has 7 nitrogen and oxygen atoms in total. The van der Waals surface area contributed by atoms with E-state index in [-0.39, 0.29) is 17.4 Å². The fourth-order valence-corrected chi connectivity index (χ4v) is 7.14. The number of aryl methyl sites for hydroxylation is 1. The Bertz CT molecular complexity index is 1410. The first-order valence-electron chi connectivity index (χ1n) is 14.0. The smallest absolute Gasteiger partial charge is 0.271 e. The third kappa shape index (κ3) is 4.47. The van der Waals surface area contributed by atoms with Crippen molar-refractivity contribution in [2.75, 3.05) is 40.0 Å². The van der Waals surface area contributed by atoms with E-state index in [1.54, 1.807) is 18.4 Å². The first-order chi connectivity index (χ1) is 18.8. The second-order valence-electron chi connectivity index (χ2n) is 11.6. The maximum absolute atomic E-state index is 14.3. The number of carbonyl (C=O) groups is 2. The summed E-state index contributed by atoms with van der Waals surface area (Å²) in [6.45, 7) is 10.1. The summed E-state index contributed by atoms with van der Waals surface area (Å²) in [5, 5.41) is 2.10. The lowest BCUT2D eigenvalue weighted by Gasteiger charge is -2.37. The lowest BCUT2D eigenvalue weighted by molar-refractivity contribution is 0.0301. The summed E-state index contributed by atoms with van der Waals surface area (Å²) < 4.78 is 13.5. The van der Waals surface area contributed by atoms with Gasteiger partial charge < -0.3 is 23.8 Å². The normalized spacial score (nSPS) is 17.7. The minimum absolute atomic E-state index is 0.0346. The molecule has 0 spiro atoms. The van der Waals surface area contributed by atoms with Crippen LogP contribution in [0.5, 0.6) is 5.75 Å². The van der Waals surface area contributed by atoms with Crippen molar-refractivity contribution >= 4 is 23.2 Å². The number of carbonyl (C=O) groups excluding carboxylic acids is 2. The molecule has 3 aromatic rings. The molecule has 0 unspecified atom stereocenters. The van der Waals surface area contributed by atoms with Crippen molar-refractivity contribution in [2.45, 2.75) is 58.5 Å². The summed E-state index contributed by atoms with van der Waals surface area (Å²) in [7, 11) is 1.63. The lowest BCUT2D eigenvalue weighted by Crippen LogP contribution is -2.47. The number of ether oxygens (including phenoxy) is 2. The van der Waals surface area contributed by atoms with Crippen LogP contribution in [0.25, 0.3) is 21.7 Å². The maximum Gasteiger partial charge on any atom is 0.271 e. The van der Waals surface area contributed by atoms with Crippen LogP contribution in [0.1, 0.15) is 65.6 Å². The average molecular weight is 548 g/mol. The van der Waals surface area contributed by atoms with Crippen molar-refractivity contribution in [1.82, 2.24) is 14.4 Å². The van der Waals surface area contributed by atoms with Gasteiger partial charge in [-0.25, -0.2) is 0 Å². The molecule has 3 aliphatic heterocycles. The minimum Gasteiger partial charge on any atom is -0.496 e. The van der Waals surface area contributed by atoms with Crippen molar-refractivity contribution in [2.24, 2.45) is 0 Å². The van der Waals surface area contributed by atoms with Crippen LogP contribution in [0.15, 0.2) is 29.6 Å². The summed E-state index contributed by atoms with van der Waals surface area (Å²) in [6.07, 6.45) is 3.67. The second-order valence-corrected chi connectivity index (χ2v) is 12.6. The average Bonchev–Trinajstić information content (AvgIpc) is 3.56. The van der Waals surface area contributed by atoms with Gasteiger partial charge in [0.25, 0.3) is 11.8 Å². The zero-order valence-electron chi connectivity index (χ0n) is 23.3. The Kier molecular flexibility index (Phi) is 6.79. The SMILES string of the molecule is COc1cc2c(cc1C(=O)N1CCOCC1)-c1c(-c3cccs3)c3c(n1CC2)C(=O)N(C(C)(C)C)CCCC3. The number of benzene rings is 1. The highest BCUT2D eigenvalue weighted by atomic mass is 32.1. The van der Waals surface area contributed by atoms with Gasteiger partial charge in [-0.1, -0.05) is 6.07 Å². The number of fused-ring (bicyclic) bond motifs is 5. The van der Waals surface area contributed by atoms with Crippen LogP contribution in [0.4, 0.5) is 0 Å². The summed E-state index contributed by atoms with van der Waals surface area (Å²) in [6, 6.07) is 8.29. The molecule has 0 bridgehead atoms. The molecule has 8 heteroatoms. The Hall–Kier alpha value is -3.10. The number of hydrogen-bond acceptors (Lipinski definition) is 5. The van der Waals surface area contributed by atoms with Gasteiger partial charge in [0.1, 0.15) is 11.4 Å². The summed E-state index contributed by atoms with van der Waals surface area (Å²) >= 11 is 1.71. The second kappa shape index (κ2) is 10.1. The number of thiophene rings is 1. The molecular formula is C31H37N3O4S. The highest BCUT2D eigenvalue weighted by Gasteiger charge is 2.38. The summed E-state index contributed by atoms with van der Waals surface area (Å²) in [5.41, 5.74) is 6.68. The van der Waals surface area contributed by atoms with Gasteiger partial charge >= 0.3 is 0 Å². The highest BCUT2D eigenvalue weighted by molar-refractivity contribution is 7.13. The zero-order valence-corrected chi connectivity index (χ0v) is 24.2. The first-order valence-corrected chi connectivity index (χ1v) is 14.9. The van der Waals surface area contributed by atoms with Crippen LogP contribution in [0.2, 0.25) is 0 Å². The van der Waals surface area contributed by atoms with Crippen LogP contribution in [0, 0.1) is 0 Å². The maximum atomic E-state index is 14.3. The van der Waals surface area contributed by atoms with Crippen molar-refractivity contribution in [3.63, 3.8) is 0 Å². The van der Waals surface area contributed by atoms with Gasteiger partial charge in [-0.3, -0.25) is 9.59 Å². The van der Waals surface area contributed by atoms with E-state index in [9.17, 15) is 9.59 Å². The Morgan fingerprint density at radius 3 is 2.51 bits per heavy atom. The monoisotopic (exact) mass is 547 g/mol. The quantitative estimate of drug-likeness (QED) is 0.435. The zero-order chi connectivity index (χ0) is 27.3. The number of aromatic nitrogens is 1. The van der Waals surface area contributed by atoms with Crippen molar-refractivity contribution in [1.29, 1.82) is 0 Å². The topological polar surface area (TPSA) is 64.0 Å². The van der Waals surface area contributed by atoms with Gasteiger partial charge in [0.2, 0.25) is 0 Å². The third-order valence-electron chi connectivity index (χ3n) is 8.26. The predicted molar refractivity (Wildman–Crippen MR) is 154 cm³/mol. The molecule has 3 aliphatic rings. The van der Waals surface area contributed by atoms with E-state index < -0.39 is 0 Å². The Morgan fingerprint density at radius 2 is 1.82 bits per heavy atom. The number of hydrogen-bond donors (Lipinski definition) is 0. The standard InChI is InChI=1S/C31H37N3O4S/c1-31(2,3)34-11-6-5-8-21-26(25-9-7-17-39-25)27-22-19-23(29(35)32-13-15-38-16-14-32)24(37-4)18-20(22)10-12-33(27)28(21)30(34)36/h7,9,17-19H,5-6,8,10-16H2,1-4H3. The Balaban J connectivity index is 1.58. The third-order valence-corrected chi connectivity index (χ3v) is 9.15. The fourth-order valence-electron chi connectivity index (χ4n) is 6.34. The van der Waals surface area contributed by atoms with E-state index >= 15 is 0 Å². The fraction of sp³-hybridized carbons (Fsp3) is 0.484. The van der Waals surface area contributed by atoms with Crippen LogP contribution >= 0.6 is 11.3 Å². The molecule has 0 aliphatic carbocycles. The van der Waals surface area contributed by atoms with Crippen LogP contribution in [-0.2, 0) is 24.1 Å². The minimum atomic E-state index is -0.267. The van der Waals surface area contributed by atoms with Crippen molar-refractivity contribution in [3.05, 3.63) is 52.0 Å².